The van der Waals surface area contributed by atoms with Crippen molar-refractivity contribution in [1.82, 2.24) is 0 Å². The summed E-state index contributed by atoms with van der Waals surface area (Å²) in [6.45, 7) is 0. The van der Waals surface area contributed by atoms with E-state index in [1.807, 2.05) is 0 Å². The zero-order chi connectivity index (χ0) is 17.5. The smallest absolute Gasteiger partial charge is 0.416 e. The number of fused-ring (bicyclic) bond motifs is 1. The van der Waals surface area contributed by atoms with Crippen molar-refractivity contribution in [3.8, 4) is 5.75 Å². The summed E-state index contributed by atoms with van der Waals surface area (Å²) in [6.07, 6.45) is -2.89. The van der Waals surface area contributed by atoms with Crippen LogP contribution in [-0.2, 0) is 11.0 Å². The molecule has 0 fully saturated rings. The van der Waals surface area contributed by atoms with Crippen LogP contribution < -0.4 is 10.1 Å². The summed E-state index contributed by atoms with van der Waals surface area (Å²) < 4.78 is 43.3. The Hall–Kier alpha value is -2.47. The number of halogens is 4. The van der Waals surface area contributed by atoms with Crippen LogP contribution in [0.4, 0.5) is 18.9 Å². The molecule has 0 saturated carbocycles. The van der Waals surface area contributed by atoms with Gasteiger partial charge in [0.15, 0.2) is 0 Å². The maximum Gasteiger partial charge on any atom is 0.416 e. The van der Waals surface area contributed by atoms with Crippen molar-refractivity contribution in [3.63, 3.8) is 0 Å². The largest absolute Gasteiger partial charge is 0.495 e. The predicted octanol–water partition coefficient (Wildman–Crippen LogP) is 4.86. The van der Waals surface area contributed by atoms with Crippen molar-refractivity contribution in [2.75, 3.05) is 12.4 Å². The van der Waals surface area contributed by atoms with Gasteiger partial charge in [-0.2, -0.15) is 13.2 Å². The molecule has 124 valence electrons. The van der Waals surface area contributed by atoms with Gasteiger partial charge < -0.3 is 10.1 Å². The Bertz CT molecular complexity index is 859. The SMILES string of the molecule is COc1ccc(/C=C2\C(=O)Nc3cc(C(F)(F)F)ccc32)cc1Cl. The molecule has 0 spiro atoms. The maximum atomic E-state index is 12.8. The molecule has 7 heteroatoms. The molecule has 0 radical (unpaired) electrons. The highest BCUT2D eigenvalue weighted by Gasteiger charge is 2.33. The molecular formula is C17H11ClF3NO2. The lowest BCUT2D eigenvalue weighted by molar-refractivity contribution is -0.137. The van der Waals surface area contributed by atoms with E-state index in [-0.39, 0.29) is 11.3 Å². The van der Waals surface area contributed by atoms with Crippen LogP contribution >= 0.6 is 11.6 Å². The first-order valence-corrected chi connectivity index (χ1v) is 7.25. The molecule has 0 saturated heterocycles. The number of carbonyl (C=O) groups is 1. The molecule has 0 aliphatic carbocycles. The van der Waals surface area contributed by atoms with Gasteiger partial charge in [0.25, 0.3) is 5.91 Å². The Morgan fingerprint density at radius 2 is 1.92 bits per heavy atom. The van der Waals surface area contributed by atoms with Crippen molar-refractivity contribution in [2.24, 2.45) is 0 Å². The van der Waals surface area contributed by atoms with Crippen LogP contribution in [0.3, 0.4) is 0 Å². The normalized spacial score (nSPS) is 15.4. The van der Waals surface area contributed by atoms with Crippen LogP contribution in [0.25, 0.3) is 11.6 Å². The molecule has 0 bridgehead atoms. The second-order valence-corrected chi connectivity index (χ2v) is 5.57. The van der Waals surface area contributed by atoms with E-state index in [1.165, 1.54) is 13.2 Å². The van der Waals surface area contributed by atoms with Crippen LogP contribution in [0, 0.1) is 0 Å². The monoisotopic (exact) mass is 353 g/mol. The van der Waals surface area contributed by atoms with Gasteiger partial charge in [-0.1, -0.05) is 23.7 Å². The summed E-state index contributed by atoms with van der Waals surface area (Å²) in [6, 6.07) is 8.13. The van der Waals surface area contributed by atoms with E-state index in [0.29, 0.717) is 21.9 Å². The van der Waals surface area contributed by atoms with Gasteiger partial charge in [-0.05, 0) is 35.9 Å². The van der Waals surface area contributed by atoms with Gasteiger partial charge in [-0.15, -0.1) is 0 Å². The van der Waals surface area contributed by atoms with Crippen molar-refractivity contribution < 1.29 is 22.7 Å². The topological polar surface area (TPSA) is 38.3 Å². The zero-order valence-corrected chi connectivity index (χ0v) is 13.1. The molecule has 3 nitrogen and oxygen atoms in total. The molecule has 2 aromatic rings. The minimum absolute atomic E-state index is 0.140. The number of methoxy groups -OCH3 is 1. The zero-order valence-electron chi connectivity index (χ0n) is 12.4. The van der Waals surface area contributed by atoms with Gasteiger partial charge in [0, 0.05) is 16.8 Å². The minimum Gasteiger partial charge on any atom is -0.495 e. The molecule has 0 aromatic heterocycles. The molecule has 1 amide bonds. The molecule has 2 aromatic carbocycles. The third-order valence-corrected chi connectivity index (χ3v) is 3.91. The number of benzene rings is 2. The second kappa shape index (κ2) is 5.87. The van der Waals surface area contributed by atoms with Crippen LogP contribution in [0.2, 0.25) is 5.02 Å². The van der Waals surface area contributed by atoms with Crippen LogP contribution in [-0.4, -0.2) is 13.0 Å². The Morgan fingerprint density at radius 3 is 2.54 bits per heavy atom. The van der Waals surface area contributed by atoms with Gasteiger partial charge in [-0.3, -0.25) is 4.79 Å². The van der Waals surface area contributed by atoms with Gasteiger partial charge in [0.1, 0.15) is 5.75 Å². The summed E-state index contributed by atoms with van der Waals surface area (Å²) in [5.41, 5.74) is 0.662. The number of ether oxygens (including phenoxy) is 1. The van der Waals surface area contributed by atoms with Gasteiger partial charge in [0.05, 0.1) is 17.7 Å². The highest BCUT2D eigenvalue weighted by atomic mass is 35.5. The lowest BCUT2D eigenvalue weighted by atomic mass is 10.0. The third kappa shape index (κ3) is 2.97. The first-order chi connectivity index (χ1) is 11.3. The highest BCUT2D eigenvalue weighted by Crippen LogP contribution is 2.38. The number of carbonyl (C=O) groups excluding carboxylic acids is 1. The van der Waals surface area contributed by atoms with E-state index in [4.69, 9.17) is 16.3 Å². The summed E-state index contributed by atoms with van der Waals surface area (Å²) >= 11 is 6.04. The molecule has 0 atom stereocenters. The first-order valence-electron chi connectivity index (χ1n) is 6.88. The molecule has 1 aliphatic rings. The number of alkyl halides is 3. The standard InChI is InChI=1S/C17H11ClF3NO2/c1-24-15-5-2-9(7-13(15)18)6-12-11-4-3-10(17(19,20)21)8-14(11)22-16(12)23/h2-8H,1H3,(H,22,23)/b12-6-. The lowest BCUT2D eigenvalue weighted by Crippen LogP contribution is -2.06. The van der Waals surface area contributed by atoms with Crippen LogP contribution in [0.15, 0.2) is 36.4 Å². The fraction of sp³-hybridized carbons (Fsp3) is 0.118. The average Bonchev–Trinajstić information content (AvgIpc) is 2.82. The van der Waals surface area contributed by atoms with E-state index < -0.39 is 17.6 Å². The first kappa shape index (κ1) is 16.4. The van der Waals surface area contributed by atoms with E-state index in [9.17, 15) is 18.0 Å². The van der Waals surface area contributed by atoms with Crippen molar-refractivity contribution in [3.05, 3.63) is 58.1 Å². The summed E-state index contributed by atoms with van der Waals surface area (Å²) in [4.78, 5) is 12.1. The van der Waals surface area contributed by atoms with E-state index >= 15 is 0 Å². The van der Waals surface area contributed by atoms with Crippen LogP contribution in [0.5, 0.6) is 5.75 Å². The van der Waals surface area contributed by atoms with Gasteiger partial charge in [-0.25, -0.2) is 0 Å². The minimum atomic E-state index is -4.46. The molecule has 0 unspecified atom stereocenters. The lowest BCUT2D eigenvalue weighted by Gasteiger charge is -2.08. The van der Waals surface area contributed by atoms with Gasteiger partial charge >= 0.3 is 6.18 Å². The number of rotatable bonds is 2. The fourth-order valence-electron chi connectivity index (χ4n) is 2.45. The third-order valence-electron chi connectivity index (χ3n) is 3.62. The van der Waals surface area contributed by atoms with E-state index in [0.717, 1.165) is 12.1 Å². The summed E-state index contributed by atoms with van der Waals surface area (Å²) in [5, 5.41) is 2.83. The number of anilines is 1. The highest BCUT2D eigenvalue weighted by molar-refractivity contribution is 6.35. The number of nitrogens with one attached hydrogen (secondary N) is 1. The summed E-state index contributed by atoms with van der Waals surface area (Å²) in [7, 11) is 1.48. The average molecular weight is 354 g/mol. The van der Waals surface area contributed by atoms with Gasteiger partial charge in [0.2, 0.25) is 0 Å². The molecule has 1 N–H and O–H groups in total. The Kier molecular flexibility index (Phi) is 4.01. The molecule has 3 rings (SSSR count). The molecular weight excluding hydrogens is 343 g/mol. The maximum absolute atomic E-state index is 12.8. The second-order valence-electron chi connectivity index (χ2n) is 5.16. The number of hydrogen-bond acceptors (Lipinski definition) is 2. The molecule has 1 heterocycles. The van der Waals surface area contributed by atoms with Crippen LogP contribution in [0.1, 0.15) is 16.7 Å². The van der Waals surface area contributed by atoms with Crippen molar-refractivity contribution >= 4 is 34.8 Å². The van der Waals surface area contributed by atoms with E-state index in [2.05, 4.69) is 5.32 Å². The quantitative estimate of drug-likeness (QED) is 0.783. The Balaban J connectivity index is 2.02. The van der Waals surface area contributed by atoms with Crippen molar-refractivity contribution in [1.29, 1.82) is 0 Å². The molecule has 1 aliphatic heterocycles. The molecule has 24 heavy (non-hydrogen) atoms. The van der Waals surface area contributed by atoms with Crippen molar-refractivity contribution in [2.45, 2.75) is 6.18 Å². The Labute approximate surface area is 140 Å². The van der Waals surface area contributed by atoms with E-state index in [1.54, 1.807) is 24.3 Å². The number of hydrogen-bond donors (Lipinski definition) is 1. The fourth-order valence-corrected chi connectivity index (χ4v) is 2.72. The predicted molar refractivity (Wildman–Crippen MR) is 85.9 cm³/mol. The number of amides is 1. The summed E-state index contributed by atoms with van der Waals surface area (Å²) in [5.74, 6) is 0.0289. The Morgan fingerprint density at radius 1 is 1.17 bits per heavy atom.